The molecular weight excluding hydrogens is 332 g/mol. The van der Waals surface area contributed by atoms with Crippen molar-refractivity contribution in [2.75, 3.05) is 38.8 Å². The fraction of sp³-hybridized carbons (Fsp3) is 0.438. The van der Waals surface area contributed by atoms with Gasteiger partial charge in [-0.2, -0.15) is 0 Å². The molecule has 0 unspecified atom stereocenters. The van der Waals surface area contributed by atoms with E-state index >= 15 is 0 Å². The predicted molar refractivity (Wildman–Crippen MR) is 94.5 cm³/mol. The van der Waals surface area contributed by atoms with Crippen molar-refractivity contribution in [1.82, 2.24) is 5.32 Å². The smallest absolute Gasteiger partial charge is 0.338 e. The molecule has 8 heteroatoms. The van der Waals surface area contributed by atoms with Crippen molar-refractivity contribution in [1.29, 1.82) is 0 Å². The molecule has 0 aromatic heterocycles. The highest BCUT2D eigenvalue weighted by molar-refractivity contribution is 7.80. The number of rotatable bonds is 8. The van der Waals surface area contributed by atoms with Crippen LogP contribution >= 0.6 is 12.2 Å². The van der Waals surface area contributed by atoms with E-state index in [0.717, 1.165) is 0 Å². The molecule has 1 rings (SSSR count). The van der Waals surface area contributed by atoms with Gasteiger partial charge in [-0.3, -0.25) is 0 Å². The van der Waals surface area contributed by atoms with Crippen molar-refractivity contribution in [2.24, 2.45) is 0 Å². The van der Waals surface area contributed by atoms with E-state index < -0.39 is 11.9 Å². The fourth-order valence-electron chi connectivity index (χ4n) is 1.81. The van der Waals surface area contributed by atoms with Crippen LogP contribution in [-0.4, -0.2) is 50.5 Å². The molecule has 0 spiro atoms. The lowest BCUT2D eigenvalue weighted by Crippen LogP contribution is -2.31. The molecule has 1 aromatic carbocycles. The van der Waals surface area contributed by atoms with Crippen molar-refractivity contribution in [2.45, 2.75) is 13.8 Å². The summed E-state index contributed by atoms with van der Waals surface area (Å²) in [5, 5.41) is 6.22. The van der Waals surface area contributed by atoms with Gasteiger partial charge in [0.05, 0.1) is 30.9 Å². The summed E-state index contributed by atoms with van der Waals surface area (Å²) in [7, 11) is 1.59. The first-order chi connectivity index (χ1) is 11.5. The van der Waals surface area contributed by atoms with Crippen LogP contribution in [0.1, 0.15) is 34.6 Å². The quantitative estimate of drug-likeness (QED) is 0.416. The molecule has 7 nitrogen and oxygen atoms in total. The summed E-state index contributed by atoms with van der Waals surface area (Å²) in [6, 6.07) is 4.55. The maximum Gasteiger partial charge on any atom is 0.338 e. The maximum atomic E-state index is 12.0. The highest BCUT2D eigenvalue weighted by atomic mass is 32.1. The van der Waals surface area contributed by atoms with Gasteiger partial charge in [0.2, 0.25) is 0 Å². The van der Waals surface area contributed by atoms with E-state index in [1.165, 1.54) is 6.07 Å². The van der Waals surface area contributed by atoms with Gasteiger partial charge in [-0.1, -0.05) is 0 Å². The zero-order valence-corrected chi connectivity index (χ0v) is 14.8. The lowest BCUT2D eigenvalue weighted by atomic mass is 10.1. The minimum Gasteiger partial charge on any atom is -0.462 e. The summed E-state index contributed by atoms with van der Waals surface area (Å²) in [4.78, 5) is 23.9. The molecule has 0 bridgehead atoms. The third kappa shape index (κ3) is 6.51. The van der Waals surface area contributed by atoms with E-state index in [4.69, 9.17) is 26.4 Å². The number of ether oxygens (including phenoxy) is 3. The molecule has 132 valence electrons. The van der Waals surface area contributed by atoms with Crippen LogP contribution in [0.25, 0.3) is 0 Å². The summed E-state index contributed by atoms with van der Waals surface area (Å²) in [5.74, 6) is -1.05. The Hall–Kier alpha value is -2.19. The second kappa shape index (κ2) is 10.6. The molecule has 0 aliphatic carbocycles. The number of benzene rings is 1. The minimum absolute atomic E-state index is 0.238. The number of nitrogens with one attached hydrogen (secondary N) is 2. The molecular formula is C16H22N2O5S. The van der Waals surface area contributed by atoms with Crippen LogP contribution in [0.5, 0.6) is 0 Å². The van der Waals surface area contributed by atoms with Gasteiger partial charge in [0, 0.05) is 19.3 Å². The summed E-state index contributed by atoms with van der Waals surface area (Å²) < 4.78 is 14.9. The zero-order chi connectivity index (χ0) is 17.9. The van der Waals surface area contributed by atoms with Gasteiger partial charge in [-0.05, 0) is 44.3 Å². The number of esters is 2. The number of methoxy groups -OCH3 is 1. The molecule has 0 aliphatic heterocycles. The van der Waals surface area contributed by atoms with Crippen molar-refractivity contribution >= 4 is 35.0 Å². The van der Waals surface area contributed by atoms with Gasteiger partial charge < -0.3 is 24.8 Å². The van der Waals surface area contributed by atoms with E-state index in [9.17, 15) is 9.59 Å². The molecule has 0 heterocycles. The highest BCUT2D eigenvalue weighted by Gasteiger charge is 2.15. The van der Waals surface area contributed by atoms with Crippen LogP contribution in [0.2, 0.25) is 0 Å². The molecule has 0 saturated carbocycles. The van der Waals surface area contributed by atoms with Crippen LogP contribution in [0, 0.1) is 0 Å². The number of hydrogen-bond donors (Lipinski definition) is 2. The Kier molecular flexibility index (Phi) is 8.74. The van der Waals surface area contributed by atoms with Gasteiger partial charge in [-0.15, -0.1) is 0 Å². The summed E-state index contributed by atoms with van der Waals surface area (Å²) in [6.07, 6.45) is 0. The molecule has 0 atom stereocenters. The first-order valence-corrected chi connectivity index (χ1v) is 7.95. The largest absolute Gasteiger partial charge is 0.462 e. The Morgan fingerprint density at radius 3 is 2.04 bits per heavy atom. The molecule has 1 aromatic rings. The van der Waals surface area contributed by atoms with Crippen LogP contribution in [0.3, 0.4) is 0 Å². The number of carbonyl (C=O) groups excluding carboxylic acids is 2. The normalized spacial score (nSPS) is 9.96. The number of hydrogen-bond acceptors (Lipinski definition) is 6. The molecule has 2 N–H and O–H groups in total. The Bertz CT molecular complexity index is 556. The second-order valence-electron chi connectivity index (χ2n) is 4.61. The van der Waals surface area contributed by atoms with Crippen LogP contribution < -0.4 is 10.6 Å². The van der Waals surface area contributed by atoms with E-state index in [2.05, 4.69) is 10.6 Å². The second-order valence-corrected chi connectivity index (χ2v) is 5.02. The lowest BCUT2D eigenvalue weighted by molar-refractivity contribution is 0.0525. The Morgan fingerprint density at radius 2 is 1.58 bits per heavy atom. The minimum atomic E-state index is -0.523. The van der Waals surface area contributed by atoms with Crippen LogP contribution in [0.15, 0.2) is 18.2 Å². The van der Waals surface area contributed by atoms with E-state index in [1.54, 1.807) is 33.1 Å². The summed E-state index contributed by atoms with van der Waals surface area (Å²) in [6.45, 7) is 4.93. The van der Waals surface area contributed by atoms with E-state index in [-0.39, 0.29) is 24.3 Å². The highest BCUT2D eigenvalue weighted by Crippen LogP contribution is 2.17. The number of anilines is 1. The number of carbonyl (C=O) groups is 2. The Labute approximate surface area is 146 Å². The third-order valence-electron chi connectivity index (χ3n) is 2.80. The fourth-order valence-corrected chi connectivity index (χ4v) is 2.03. The van der Waals surface area contributed by atoms with Crippen LogP contribution in [-0.2, 0) is 14.2 Å². The lowest BCUT2D eigenvalue weighted by Gasteiger charge is -2.13. The predicted octanol–water partition coefficient (Wildman–Crippen LogP) is 1.97. The van der Waals surface area contributed by atoms with Gasteiger partial charge in [-0.25, -0.2) is 9.59 Å². The standard InChI is InChI=1S/C16H22N2O5S/c1-4-22-14(19)11-8-12(15(20)23-5-2)10-13(9-11)18-16(24)17-6-7-21-3/h8-10H,4-7H2,1-3H3,(H2,17,18,24). The van der Waals surface area contributed by atoms with Crippen molar-refractivity contribution in [3.8, 4) is 0 Å². The molecule has 0 fully saturated rings. The summed E-state index contributed by atoms with van der Waals surface area (Å²) in [5.41, 5.74) is 0.965. The van der Waals surface area contributed by atoms with Gasteiger partial charge >= 0.3 is 11.9 Å². The molecule has 0 aliphatic rings. The number of thiocarbonyl (C=S) groups is 1. The summed E-state index contributed by atoms with van der Waals surface area (Å²) >= 11 is 5.16. The SMILES string of the molecule is CCOC(=O)c1cc(NC(=S)NCCOC)cc(C(=O)OCC)c1. The molecule has 0 radical (unpaired) electrons. The average Bonchev–Trinajstić information content (AvgIpc) is 2.55. The molecule has 0 amide bonds. The zero-order valence-electron chi connectivity index (χ0n) is 14.0. The van der Waals surface area contributed by atoms with Crippen molar-refractivity contribution in [3.63, 3.8) is 0 Å². The van der Waals surface area contributed by atoms with E-state index in [0.29, 0.717) is 24.0 Å². The third-order valence-corrected chi connectivity index (χ3v) is 3.05. The monoisotopic (exact) mass is 354 g/mol. The molecule has 0 saturated heterocycles. The Morgan fingerprint density at radius 1 is 1.04 bits per heavy atom. The Balaban J connectivity index is 2.98. The first kappa shape index (κ1) is 19.9. The topological polar surface area (TPSA) is 85.9 Å². The van der Waals surface area contributed by atoms with Crippen molar-refractivity contribution in [3.05, 3.63) is 29.3 Å². The molecule has 24 heavy (non-hydrogen) atoms. The average molecular weight is 354 g/mol. The van der Waals surface area contributed by atoms with Gasteiger partial charge in [0.15, 0.2) is 5.11 Å². The van der Waals surface area contributed by atoms with Crippen LogP contribution in [0.4, 0.5) is 5.69 Å². The first-order valence-electron chi connectivity index (χ1n) is 7.54. The van der Waals surface area contributed by atoms with E-state index in [1.807, 2.05) is 0 Å². The van der Waals surface area contributed by atoms with Crippen molar-refractivity contribution < 1.29 is 23.8 Å². The maximum absolute atomic E-state index is 12.0. The van der Waals surface area contributed by atoms with Gasteiger partial charge in [0.1, 0.15) is 0 Å². The van der Waals surface area contributed by atoms with Gasteiger partial charge in [0.25, 0.3) is 0 Å².